The summed E-state index contributed by atoms with van der Waals surface area (Å²) in [5.74, 6) is 1.08. The van der Waals surface area contributed by atoms with E-state index in [1.165, 1.54) is 12.1 Å². The highest BCUT2D eigenvalue weighted by atomic mass is 19.1. The third kappa shape index (κ3) is 2.60. The molecule has 24 heavy (non-hydrogen) atoms. The van der Waals surface area contributed by atoms with E-state index < -0.39 is 0 Å². The first-order valence-corrected chi connectivity index (χ1v) is 7.98. The maximum Gasteiger partial charge on any atom is 0.204 e. The quantitative estimate of drug-likeness (QED) is 0.724. The maximum atomic E-state index is 13.5. The second kappa shape index (κ2) is 5.83. The normalized spacial score (nSPS) is 21.4. The van der Waals surface area contributed by atoms with Gasteiger partial charge in [-0.1, -0.05) is 12.1 Å². The van der Waals surface area contributed by atoms with Crippen molar-refractivity contribution in [3.63, 3.8) is 0 Å². The van der Waals surface area contributed by atoms with Gasteiger partial charge in [0.1, 0.15) is 5.82 Å². The van der Waals surface area contributed by atoms with E-state index in [0.717, 1.165) is 18.9 Å². The summed E-state index contributed by atoms with van der Waals surface area (Å²) in [6, 6.07) is 6.35. The number of nitrogens with zero attached hydrogens (tertiary/aromatic N) is 5. The number of ether oxygens (including phenoxy) is 1. The molecule has 3 heterocycles. The van der Waals surface area contributed by atoms with Crippen LogP contribution in [0.5, 0.6) is 0 Å². The summed E-state index contributed by atoms with van der Waals surface area (Å²) in [4.78, 5) is 6.66. The molecule has 3 aromatic rings. The van der Waals surface area contributed by atoms with Gasteiger partial charge >= 0.3 is 0 Å². The second-order valence-electron chi connectivity index (χ2n) is 6.14. The Morgan fingerprint density at radius 3 is 2.71 bits per heavy atom. The molecule has 1 aliphatic heterocycles. The zero-order valence-electron chi connectivity index (χ0n) is 13.6. The highest BCUT2D eigenvalue weighted by Gasteiger charge is 2.26. The van der Waals surface area contributed by atoms with Crippen molar-refractivity contribution in [1.29, 1.82) is 0 Å². The smallest absolute Gasteiger partial charge is 0.204 e. The van der Waals surface area contributed by atoms with Crippen molar-refractivity contribution < 1.29 is 9.13 Å². The zero-order valence-corrected chi connectivity index (χ0v) is 13.6. The van der Waals surface area contributed by atoms with Crippen LogP contribution in [0.2, 0.25) is 0 Å². The summed E-state index contributed by atoms with van der Waals surface area (Å²) < 4.78 is 21.2. The number of rotatable bonds is 2. The fourth-order valence-electron chi connectivity index (χ4n) is 3.21. The lowest BCUT2D eigenvalue weighted by molar-refractivity contribution is -0.00539. The average molecular weight is 327 g/mol. The van der Waals surface area contributed by atoms with Crippen molar-refractivity contribution in [3.05, 3.63) is 42.5 Å². The second-order valence-corrected chi connectivity index (χ2v) is 6.14. The first-order chi connectivity index (χ1) is 11.6. The molecule has 1 saturated heterocycles. The summed E-state index contributed by atoms with van der Waals surface area (Å²) in [7, 11) is 0. The third-order valence-electron chi connectivity index (χ3n) is 4.11. The number of aromatic nitrogens is 4. The summed E-state index contributed by atoms with van der Waals surface area (Å²) in [5.41, 5.74) is 1.35. The van der Waals surface area contributed by atoms with Crippen LogP contribution < -0.4 is 4.90 Å². The number of anilines is 1. The van der Waals surface area contributed by atoms with Gasteiger partial charge in [-0.3, -0.25) is 4.40 Å². The molecule has 1 fully saturated rings. The summed E-state index contributed by atoms with van der Waals surface area (Å²) in [5, 5.41) is 8.54. The maximum absolute atomic E-state index is 13.5. The molecule has 0 spiro atoms. The third-order valence-corrected chi connectivity index (χ3v) is 4.11. The van der Waals surface area contributed by atoms with E-state index in [2.05, 4.69) is 20.1 Å². The number of hydrogen-bond donors (Lipinski definition) is 0. The Bertz CT molecular complexity index is 870. The molecule has 0 saturated carbocycles. The van der Waals surface area contributed by atoms with E-state index in [1.807, 2.05) is 24.3 Å². The molecular weight excluding hydrogens is 309 g/mol. The van der Waals surface area contributed by atoms with Crippen LogP contribution in [0, 0.1) is 5.82 Å². The Hall–Kier alpha value is -2.54. The van der Waals surface area contributed by atoms with E-state index in [1.54, 1.807) is 18.5 Å². The Morgan fingerprint density at radius 2 is 1.96 bits per heavy atom. The number of benzene rings is 1. The van der Waals surface area contributed by atoms with Crippen molar-refractivity contribution in [2.24, 2.45) is 0 Å². The minimum Gasteiger partial charge on any atom is -0.372 e. The number of hydrogen-bond acceptors (Lipinski definition) is 5. The molecule has 1 aliphatic rings. The van der Waals surface area contributed by atoms with Gasteiger partial charge in [-0.05, 0) is 26.0 Å². The molecule has 0 amide bonds. The summed E-state index contributed by atoms with van der Waals surface area (Å²) >= 11 is 0. The SMILES string of the molecule is CC1CN(c2nccn3c(-c4cccc(F)c4)nnc23)CC(C)O1. The summed E-state index contributed by atoms with van der Waals surface area (Å²) in [6.07, 6.45) is 3.77. The lowest BCUT2D eigenvalue weighted by Crippen LogP contribution is -2.46. The molecule has 7 heteroatoms. The van der Waals surface area contributed by atoms with Crippen molar-refractivity contribution in [2.45, 2.75) is 26.1 Å². The highest BCUT2D eigenvalue weighted by Crippen LogP contribution is 2.25. The Kier molecular flexibility index (Phi) is 3.65. The first-order valence-electron chi connectivity index (χ1n) is 7.98. The van der Waals surface area contributed by atoms with Gasteiger partial charge in [-0.2, -0.15) is 0 Å². The Labute approximate surface area is 138 Å². The van der Waals surface area contributed by atoms with Crippen LogP contribution >= 0.6 is 0 Å². The average Bonchev–Trinajstić information content (AvgIpc) is 2.98. The minimum atomic E-state index is -0.297. The molecule has 2 atom stereocenters. The van der Waals surface area contributed by atoms with E-state index in [-0.39, 0.29) is 18.0 Å². The Morgan fingerprint density at radius 1 is 1.17 bits per heavy atom. The van der Waals surface area contributed by atoms with Gasteiger partial charge < -0.3 is 9.64 Å². The standard InChI is InChI=1S/C17H18FN5O/c1-11-9-22(10-12(2)24-11)16-17-21-20-15(23(17)7-6-19-16)13-4-3-5-14(18)8-13/h3-8,11-12H,9-10H2,1-2H3. The van der Waals surface area contributed by atoms with Crippen molar-refractivity contribution >= 4 is 11.5 Å². The summed E-state index contributed by atoms with van der Waals surface area (Å²) in [6.45, 7) is 5.59. The molecule has 6 nitrogen and oxygen atoms in total. The van der Waals surface area contributed by atoms with E-state index in [0.29, 0.717) is 17.0 Å². The molecule has 0 radical (unpaired) electrons. The first kappa shape index (κ1) is 15.0. The van der Waals surface area contributed by atoms with Gasteiger partial charge in [0.15, 0.2) is 11.6 Å². The molecular formula is C17H18FN5O. The van der Waals surface area contributed by atoms with Crippen molar-refractivity contribution in [3.8, 4) is 11.4 Å². The molecule has 0 bridgehead atoms. The predicted octanol–water partition coefficient (Wildman–Crippen LogP) is 2.54. The number of halogens is 1. The van der Waals surface area contributed by atoms with Gasteiger partial charge in [-0.15, -0.1) is 10.2 Å². The number of morpholine rings is 1. The minimum absolute atomic E-state index is 0.126. The van der Waals surface area contributed by atoms with Crippen molar-refractivity contribution in [1.82, 2.24) is 19.6 Å². The Balaban J connectivity index is 1.79. The largest absolute Gasteiger partial charge is 0.372 e. The lowest BCUT2D eigenvalue weighted by atomic mass is 10.2. The highest BCUT2D eigenvalue weighted by molar-refractivity contribution is 5.68. The van der Waals surface area contributed by atoms with Gasteiger partial charge in [-0.25, -0.2) is 9.37 Å². The van der Waals surface area contributed by atoms with E-state index in [9.17, 15) is 4.39 Å². The van der Waals surface area contributed by atoms with Crippen LogP contribution in [0.3, 0.4) is 0 Å². The van der Waals surface area contributed by atoms with Crippen LogP contribution in [0.1, 0.15) is 13.8 Å². The van der Waals surface area contributed by atoms with Gasteiger partial charge in [0.25, 0.3) is 0 Å². The zero-order chi connectivity index (χ0) is 16.7. The van der Waals surface area contributed by atoms with Crippen molar-refractivity contribution in [2.75, 3.05) is 18.0 Å². The lowest BCUT2D eigenvalue weighted by Gasteiger charge is -2.35. The molecule has 2 aromatic heterocycles. The van der Waals surface area contributed by atoms with Crippen LogP contribution in [0.4, 0.5) is 10.2 Å². The molecule has 4 rings (SSSR count). The predicted molar refractivity (Wildman–Crippen MR) is 88.4 cm³/mol. The van der Waals surface area contributed by atoms with E-state index in [4.69, 9.17) is 4.74 Å². The van der Waals surface area contributed by atoms with Crippen LogP contribution in [-0.2, 0) is 4.74 Å². The fraction of sp³-hybridized carbons (Fsp3) is 0.353. The van der Waals surface area contributed by atoms with E-state index >= 15 is 0 Å². The van der Waals surface area contributed by atoms with Gasteiger partial charge in [0, 0.05) is 31.0 Å². The topological polar surface area (TPSA) is 55.6 Å². The number of fused-ring (bicyclic) bond motifs is 1. The van der Waals surface area contributed by atoms with Crippen LogP contribution in [-0.4, -0.2) is 44.9 Å². The fourth-order valence-corrected chi connectivity index (χ4v) is 3.21. The van der Waals surface area contributed by atoms with Gasteiger partial charge in [0.2, 0.25) is 5.65 Å². The van der Waals surface area contributed by atoms with Gasteiger partial charge in [0.05, 0.1) is 12.2 Å². The monoisotopic (exact) mass is 327 g/mol. The van der Waals surface area contributed by atoms with Crippen LogP contribution in [0.25, 0.3) is 17.0 Å². The molecule has 1 aromatic carbocycles. The van der Waals surface area contributed by atoms with Crippen LogP contribution in [0.15, 0.2) is 36.7 Å². The molecule has 0 N–H and O–H groups in total. The molecule has 2 unspecified atom stereocenters. The molecule has 124 valence electrons. The molecule has 0 aliphatic carbocycles.